The van der Waals surface area contributed by atoms with E-state index < -0.39 is 0 Å². The smallest absolute Gasteiger partial charge is 0.0620 e. The molecule has 3 atom stereocenters. The van der Waals surface area contributed by atoms with Gasteiger partial charge in [0.1, 0.15) is 0 Å². The summed E-state index contributed by atoms with van der Waals surface area (Å²) in [4.78, 5) is 0. The van der Waals surface area contributed by atoms with Crippen molar-refractivity contribution in [1.29, 1.82) is 0 Å². The van der Waals surface area contributed by atoms with Crippen molar-refractivity contribution in [1.82, 2.24) is 10.6 Å². The van der Waals surface area contributed by atoms with E-state index in [0.717, 1.165) is 32.6 Å². The molecule has 0 bridgehead atoms. The van der Waals surface area contributed by atoms with Crippen molar-refractivity contribution < 1.29 is 9.84 Å². The fraction of sp³-hybridized carbons (Fsp3) is 0.625. The predicted octanol–water partition coefficient (Wildman–Crippen LogP) is 0.947. The Morgan fingerprint density at radius 1 is 1.40 bits per heavy atom. The molecule has 1 aliphatic rings. The fourth-order valence-electron chi connectivity index (χ4n) is 2.74. The Kier molecular flexibility index (Phi) is 6.47. The quantitative estimate of drug-likeness (QED) is 0.695. The van der Waals surface area contributed by atoms with Crippen LogP contribution >= 0.6 is 0 Å². The van der Waals surface area contributed by atoms with E-state index >= 15 is 0 Å². The van der Waals surface area contributed by atoms with E-state index in [4.69, 9.17) is 4.74 Å². The zero-order valence-corrected chi connectivity index (χ0v) is 12.2. The lowest BCUT2D eigenvalue weighted by molar-refractivity contribution is 0.0702. The van der Waals surface area contributed by atoms with Gasteiger partial charge >= 0.3 is 0 Å². The van der Waals surface area contributed by atoms with Crippen molar-refractivity contribution in [3.63, 3.8) is 0 Å². The number of hydrogen-bond donors (Lipinski definition) is 3. The van der Waals surface area contributed by atoms with E-state index in [9.17, 15) is 5.11 Å². The molecule has 1 aromatic rings. The van der Waals surface area contributed by atoms with Crippen molar-refractivity contribution in [2.45, 2.75) is 37.9 Å². The fourth-order valence-corrected chi connectivity index (χ4v) is 2.74. The van der Waals surface area contributed by atoms with Crippen LogP contribution in [0.3, 0.4) is 0 Å². The molecule has 3 N–H and O–H groups in total. The maximum atomic E-state index is 9.54. The predicted molar refractivity (Wildman–Crippen MR) is 80.8 cm³/mol. The first-order valence-corrected chi connectivity index (χ1v) is 7.50. The zero-order valence-electron chi connectivity index (χ0n) is 12.2. The van der Waals surface area contributed by atoms with Crippen LogP contribution in [0.1, 0.15) is 18.9 Å². The molecule has 2 unspecified atom stereocenters. The summed E-state index contributed by atoms with van der Waals surface area (Å²) < 4.78 is 5.47. The van der Waals surface area contributed by atoms with Crippen LogP contribution in [0.2, 0.25) is 0 Å². The van der Waals surface area contributed by atoms with Crippen molar-refractivity contribution >= 4 is 0 Å². The van der Waals surface area contributed by atoms with E-state index in [-0.39, 0.29) is 12.6 Å². The summed E-state index contributed by atoms with van der Waals surface area (Å²) >= 11 is 0. The van der Waals surface area contributed by atoms with Gasteiger partial charge in [-0.25, -0.2) is 0 Å². The number of benzene rings is 1. The molecule has 1 aromatic carbocycles. The van der Waals surface area contributed by atoms with E-state index in [2.05, 4.69) is 29.7 Å². The van der Waals surface area contributed by atoms with Gasteiger partial charge in [0.25, 0.3) is 0 Å². The third kappa shape index (κ3) is 5.21. The number of nitrogens with one attached hydrogen (secondary N) is 2. The van der Waals surface area contributed by atoms with E-state index in [1.165, 1.54) is 5.56 Å². The Morgan fingerprint density at radius 2 is 2.20 bits per heavy atom. The summed E-state index contributed by atoms with van der Waals surface area (Å²) in [6, 6.07) is 11.2. The first kappa shape index (κ1) is 15.4. The zero-order chi connectivity index (χ0) is 14.2. The van der Waals surface area contributed by atoms with Crippen LogP contribution in [0.25, 0.3) is 0 Å². The Morgan fingerprint density at radius 3 is 2.85 bits per heavy atom. The summed E-state index contributed by atoms with van der Waals surface area (Å²) in [5, 5.41) is 16.5. The maximum absolute atomic E-state index is 9.54. The minimum Gasteiger partial charge on any atom is -0.395 e. The number of aliphatic hydroxyl groups is 1. The van der Waals surface area contributed by atoms with Crippen LogP contribution in [0.15, 0.2) is 30.3 Å². The normalized spacial score (nSPS) is 22.4. The van der Waals surface area contributed by atoms with Crippen LogP contribution in [-0.2, 0) is 11.2 Å². The summed E-state index contributed by atoms with van der Waals surface area (Å²) in [6.07, 6.45) is 1.88. The lowest BCUT2D eigenvalue weighted by Crippen LogP contribution is -2.47. The topological polar surface area (TPSA) is 53.5 Å². The monoisotopic (exact) mass is 278 g/mol. The van der Waals surface area contributed by atoms with Crippen LogP contribution in [0.4, 0.5) is 0 Å². The molecule has 4 nitrogen and oxygen atoms in total. The second-order valence-corrected chi connectivity index (χ2v) is 5.60. The van der Waals surface area contributed by atoms with E-state index in [1.54, 1.807) is 0 Å². The van der Waals surface area contributed by atoms with Gasteiger partial charge in [-0.05, 0) is 25.3 Å². The third-order valence-corrected chi connectivity index (χ3v) is 3.70. The highest BCUT2D eigenvalue weighted by Crippen LogP contribution is 2.07. The van der Waals surface area contributed by atoms with Crippen LogP contribution in [-0.4, -0.2) is 49.6 Å². The number of ether oxygens (including phenoxy) is 1. The molecule has 0 aromatic heterocycles. The average molecular weight is 278 g/mol. The molecular weight excluding hydrogens is 252 g/mol. The SMILES string of the molecule is CC(CC1COCCN1)N[C@H](CO)Cc1ccccc1. The molecular formula is C16H26N2O2. The number of aliphatic hydroxyl groups excluding tert-OH is 1. The van der Waals surface area contributed by atoms with Crippen LogP contribution < -0.4 is 10.6 Å². The third-order valence-electron chi connectivity index (χ3n) is 3.70. The second kappa shape index (κ2) is 8.37. The molecule has 0 saturated carbocycles. The first-order chi connectivity index (χ1) is 9.78. The Bertz CT molecular complexity index is 366. The largest absolute Gasteiger partial charge is 0.395 e. The summed E-state index contributed by atoms with van der Waals surface area (Å²) in [7, 11) is 0. The average Bonchev–Trinajstić information content (AvgIpc) is 2.48. The molecule has 112 valence electrons. The van der Waals surface area contributed by atoms with Gasteiger partial charge in [0.2, 0.25) is 0 Å². The first-order valence-electron chi connectivity index (χ1n) is 7.50. The summed E-state index contributed by atoms with van der Waals surface area (Å²) in [6.45, 7) is 4.86. The van der Waals surface area contributed by atoms with Crippen molar-refractivity contribution in [3.05, 3.63) is 35.9 Å². The highest BCUT2D eigenvalue weighted by Gasteiger charge is 2.18. The standard InChI is InChI=1S/C16H26N2O2/c1-13(9-16-12-20-8-7-17-16)18-15(11-19)10-14-5-3-2-4-6-14/h2-6,13,15-19H,7-12H2,1H3/t13?,15-,16?/m0/s1. The highest BCUT2D eigenvalue weighted by molar-refractivity contribution is 5.15. The van der Waals surface area contributed by atoms with Gasteiger partial charge < -0.3 is 20.5 Å². The Balaban J connectivity index is 1.76. The van der Waals surface area contributed by atoms with Gasteiger partial charge in [0.05, 0.1) is 19.8 Å². The minimum atomic E-state index is 0.108. The Hall–Kier alpha value is -0.940. The molecule has 0 aliphatic carbocycles. The molecule has 1 saturated heterocycles. The summed E-state index contributed by atoms with van der Waals surface area (Å²) in [5.74, 6) is 0. The van der Waals surface area contributed by atoms with Gasteiger partial charge in [0.15, 0.2) is 0 Å². The lowest BCUT2D eigenvalue weighted by Gasteiger charge is -2.28. The van der Waals surface area contributed by atoms with Crippen molar-refractivity contribution in [3.8, 4) is 0 Å². The van der Waals surface area contributed by atoms with Crippen molar-refractivity contribution in [2.75, 3.05) is 26.4 Å². The molecule has 1 fully saturated rings. The Labute approximate surface area is 121 Å². The van der Waals surface area contributed by atoms with Crippen molar-refractivity contribution in [2.24, 2.45) is 0 Å². The van der Waals surface area contributed by atoms with Gasteiger partial charge in [-0.2, -0.15) is 0 Å². The second-order valence-electron chi connectivity index (χ2n) is 5.60. The molecule has 0 amide bonds. The molecule has 4 heteroatoms. The van der Waals surface area contributed by atoms with Crippen LogP contribution in [0.5, 0.6) is 0 Å². The molecule has 1 aliphatic heterocycles. The van der Waals surface area contributed by atoms with Gasteiger partial charge in [-0.15, -0.1) is 0 Å². The van der Waals surface area contributed by atoms with E-state index in [1.807, 2.05) is 18.2 Å². The summed E-state index contributed by atoms with van der Waals surface area (Å²) in [5.41, 5.74) is 1.25. The van der Waals surface area contributed by atoms with E-state index in [0.29, 0.717) is 12.1 Å². The van der Waals surface area contributed by atoms with Gasteiger partial charge in [-0.1, -0.05) is 30.3 Å². The molecule has 0 spiro atoms. The number of rotatable bonds is 7. The molecule has 0 radical (unpaired) electrons. The highest BCUT2D eigenvalue weighted by atomic mass is 16.5. The molecule has 1 heterocycles. The van der Waals surface area contributed by atoms with Gasteiger partial charge in [-0.3, -0.25) is 0 Å². The minimum absolute atomic E-state index is 0.108. The molecule has 2 rings (SSSR count). The maximum Gasteiger partial charge on any atom is 0.0620 e. The van der Waals surface area contributed by atoms with Gasteiger partial charge in [0, 0.05) is 24.7 Å². The van der Waals surface area contributed by atoms with Crippen LogP contribution in [0, 0.1) is 0 Å². The number of hydrogen-bond acceptors (Lipinski definition) is 4. The number of morpholine rings is 1. The molecule has 20 heavy (non-hydrogen) atoms. The lowest BCUT2D eigenvalue weighted by atomic mass is 10.0.